The normalized spacial score (nSPS) is 16.7. The summed E-state index contributed by atoms with van der Waals surface area (Å²) < 4.78 is 0. The zero-order valence-electron chi connectivity index (χ0n) is 14.1. The fourth-order valence-electron chi connectivity index (χ4n) is 3.08. The molecule has 0 unspecified atom stereocenters. The van der Waals surface area contributed by atoms with E-state index in [-0.39, 0.29) is 0 Å². The van der Waals surface area contributed by atoms with Gasteiger partial charge in [-0.25, -0.2) is 0 Å². The summed E-state index contributed by atoms with van der Waals surface area (Å²) in [6, 6.07) is 18.7. The Morgan fingerprint density at radius 3 is 2.25 bits per heavy atom. The fraction of sp³-hybridized carbons (Fsp3) is 0.333. The SMILES string of the molecule is Clc1ccccc1CCN1CCN(C/C=C\c2ccccc2)CC1. The molecule has 0 saturated carbocycles. The molecule has 0 aromatic heterocycles. The molecule has 0 spiro atoms. The first kappa shape index (κ1) is 17.2. The van der Waals surface area contributed by atoms with E-state index in [0.717, 1.165) is 50.7 Å². The van der Waals surface area contributed by atoms with Crippen LogP contribution in [0.2, 0.25) is 5.02 Å². The van der Waals surface area contributed by atoms with E-state index in [9.17, 15) is 0 Å². The van der Waals surface area contributed by atoms with Crippen LogP contribution in [0.25, 0.3) is 6.08 Å². The van der Waals surface area contributed by atoms with Crippen LogP contribution in [0, 0.1) is 0 Å². The van der Waals surface area contributed by atoms with Gasteiger partial charge in [-0.05, 0) is 23.6 Å². The zero-order valence-corrected chi connectivity index (χ0v) is 14.8. The number of benzene rings is 2. The van der Waals surface area contributed by atoms with E-state index in [2.05, 4.69) is 64.4 Å². The summed E-state index contributed by atoms with van der Waals surface area (Å²) in [6.45, 7) is 6.70. The molecule has 2 aromatic rings. The molecule has 0 amide bonds. The van der Waals surface area contributed by atoms with Crippen LogP contribution >= 0.6 is 11.6 Å². The third-order valence-corrected chi connectivity index (χ3v) is 4.96. The van der Waals surface area contributed by atoms with Crippen LogP contribution in [0.15, 0.2) is 60.7 Å². The highest BCUT2D eigenvalue weighted by Crippen LogP contribution is 2.16. The summed E-state index contributed by atoms with van der Waals surface area (Å²) in [6.07, 6.45) is 5.52. The van der Waals surface area contributed by atoms with Crippen molar-refractivity contribution in [2.45, 2.75) is 6.42 Å². The van der Waals surface area contributed by atoms with Crippen LogP contribution < -0.4 is 0 Å². The van der Waals surface area contributed by atoms with Gasteiger partial charge in [0.05, 0.1) is 0 Å². The molecule has 0 radical (unpaired) electrons. The van der Waals surface area contributed by atoms with Crippen LogP contribution in [-0.2, 0) is 6.42 Å². The van der Waals surface area contributed by atoms with Gasteiger partial charge in [-0.1, -0.05) is 72.3 Å². The Morgan fingerprint density at radius 2 is 1.50 bits per heavy atom. The molecule has 3 heteroatoms. The first-order valence-corrected chi connectivity index (χ1v) is 9.09. The van der Waals surface area contributed by atoms with Crippen molar-refractivity contribution in [3.63, 3.8) is 0 Å². The zero-order chi connectivity index (χ0) is 16.6. The second kappa shape index (κ2) is 9.03. The Labute approximate surface area is 150 Å². The number of nitrogens with zero attached hydrogens (tertiary/aromatic N) is 2. The predicted molar refractivity (Wildman–Crippen MR) is 104 cm³/mol. The lowest BCUT2D eigenvalue weighted by Gasteiger charge is -2.34. The minimum absolute atomic E-state index is 0.891. The van der Waals surface area contributed by atoms with E-state index in [0.29, 0.717) is 0 Å². The lowest BCUT2D eigenvalue weighted by Crippen LogP contribution is -2.46. The predicted octanol–water partition coefficient (Wildman–Crippen LogP) is 4.21. The third kappa shape index (κ3) is 5.20. The van der Waals surface area contributed by atoms with Crippen molar-refractivity contribution in [2.24, 2.45) is 0 Å². The Kier molecular flexibility index (Phi) is 6.48. The lowest BCUT2D eigenvalue weighted by molar-refractivity contribution is 0.144. The minimum Gasteiger partial charge on any atom is -0.300 e. The average Bonchev–Trinajstić information content (AvgIpc) is 2.63. The molecule has 126 valence electrons. The van der Waals surface area contributed by atoms with E-state index in [1.165, 1.54) is 11.1 Å². The van der Waals surface area contributed by atoms with Gasteiger partial charge in [0.25, 0.3) is 0 Å². The standard InChI is InChI=1S/C21H25ClN2/c22-21-11-5-4-10-20(21)12-14-24-17-15-23(16-18-24)13-6-9-19-7-2-1-3-8-19/h1-11H,12-18H2/b9-6-. The smallest absolute Gasteiger partial charge is 0.0438 e. The van der Waals surface area contributed by atoms with Crippen molar-refractivity contribution >= 4 is 17.7 Å². The highest BCUT2D eigenvalue weighted by atomic mass is 35.5. The molecule has 0 bridgehead atoms. The summed E-state index contributed by atoms with van der Waals surface area (Å²) in [5.41, 5.74) is 2.53. The van der Waals surface area contributed by atoms with Crippen LogP contribution in [0.5, 0.6) is 0 Å². The lowest BCUT2D eigenvalue weighted by atomic mass is 10.1. The molecule has 1 saturated heterocycles. The summed E-state index contributed by atoms with van der Waals surface area (Å²) in [7, 11) is 0. The summed E-state index contributed by atoms with van der Waals surface area (Å²) >= 11 is 6.24. The van der Waals surface area contributed by atoms with E-state index < -0.39 is 0 Å². The third-order valence-electron chi connectivity index (χ3n) is 4.59. The van der Waals surface area contributed by atoms with Crippen LogP contribution in [-0.4, -0.2) is 49.1 Å². The van der Waals surface area contributed by atoms with Gasteiger partial charge in [-0.15, -0.1) is 0 Å². The molecular weight excluding hydrogens is 316 g/mol. The Hall–Kier alpha value is -1.61. The van der Waals surface area contributed by atoms with Crippen molar-refractivity contribution in [1.29, 1.82) is 0 Å². The molecule has 1 heterocycles. The quantitative estimate of drug-likeness (QED) is 0.777. The van der Waals surface area contributed by atoms with Gasteiger partial charge in [0.2, 0.25) is 0 Å². The summed E-state index contributed by atoms with van der Waals surface area (Å²) in [5, 5.41) is 0.891. The van der Waals surface area contributed by atoms with Gasteiger partial charge in [0.1, 0.15) is 0 Å². The molecule has 24 heavy (non-hydrogen) atoms. The Bertz CT molecular complexity index is 646. The summed E-state index contributed by atoms with van der Waals surface area (Å²) in [4.78, 5) is 5.06. The molecule has 3 rings (SSSR count). The molecule has 1 aliphatic heterocycles. The Balaban J connectivity index is 1.38. The van der Waals surface area contributed by atoms with Gasteiger partial charge >= 0.3 is 0 Å². The van der Waals surface area contributed by atoms with Crippen LogP contribution in [0.1, 0.15) is 11.1 Å². The second-order valence-electron chi connectivity index (χ2n) is 6.30. The fourth-order valence-corrected chi connectivity index (χ4v) is 3.31. The van der Waals surface area contributed by atoms with Crippen molar-refractivity contribution in [1.82, 2.24) is 9.80 Å². The topological polar surface area (TPSA) is 6.48 Å². The number of piperazine rings is 1. The van der Waals surface area contributed by atoms with Gasteiger partial charge in [0.15, 0.2) is 0 Å². The number of rotatable bonds is 6. The van der Waals surface area contributed by atoms with E-state index >= 15 is 0 Å². The number of hydrogen-bond acceptors (Lipinski definition) is 2. The largest absolute Gasteiger partial charge is 0.300 e. The number of hydrogen-bond donors (Lipinski definition) is 0. The molecule has 0 N–H and O–H groups in total. The van der Waals surface area contributed by atoms with E-state index in [4.69, 9.17) is 11.6 Å². The maximum Gasteiger partial charge on any atom is 0.0438 e. The minimum atomic E-state index is 0.891. The molecule has 0 atom stereocenters. The number of halogens is 1. The van der Waals surface area contributed by atoms with Crippen molar-refractivity contribution in [2.75, 3.05) is 39.3 Å². The van der Waals surface area contributed by atoms with E-state index in [1.807, 2.05) is 12.1 Å². The first-order chi connectivity index (χ1) is 11.8. The van der Waals surface area contributed by atoms with Crippen molar-refractivity contribution in [3.8, 4) is 0 Å². The first-order valence-electron chi connectivity index (χ1n) is 8.71. The second-order valence-corrected chi connectivity index (χ2v) is 6.70. The summed E-state index contributed by atoms with van der Waals surface area (Å²) in [5.74, 6) is 0. The van der Waals surface area contributed by atoms with Crippen LogP contribution in [0.4, 0.5) is 0 Å². The monoisotopic (exact) mass is 340 g/mol. The molecule has 2 nitrogen and oxygen atoms in total. The highest BCUT2D eigenvalue weighted by molar-refractivity contribution is 6.31. The molecule has 0 aliphatic carbocycles. The van der Waals surface area contributed by atoms with Gasteiger partial charge < -0.3 is 4.90 Å². The molecular formula is C21H25ClN2. The maximum absolute atomic E-state index is 6.24. The van der Waals surface area contributed by atoms with Crippen molar-refractivity contribution < 1.29 is 0 Å². The Morgan fingerprint density at radius 1 is 0.833 bits per heavy atom. The van der Waals surface area contributed by atoms with Gasteiger partial charge in [0, 0.05) is 44.3 Å². The molecule has 1 aliphatic rings. The van der Waals surface area contributed by atoms with Crippen molar-refractivity contribution in [3.05, 3.63) is 76.8 Å². The van der Waals surface area contributed by atoms with Gasteiger partial charge in [-0.3, -0.25) is 4.90 Å². The average molecular weight is 341 g/mol. The molecule has 1 fully saturated rings. The van der Waals surface area contributed by atoms with E-state index in [1.54, 1.807) is 0 Å². The molecule has 2 aromatic carbocycles. The van der Waals surface area contributed by atoms with Gasteiger partial charge in [-0.2, -0.15) is 0 Å². The van der Waals surface area contributed by atoms with Crippen LogP contribution in [0.3, 0.4) is 0 Å². The highest BCUT2D eigenvalue weighted by Gasteiger charge is 2.15. The maximum atomic E-state index is 6.24.